The van der Waals surface area contributed by atoms with Gasteiger partial charge in [0.25, 0.3) is 5.91 Å². The first-order valence-electron chi connectivity index (χ1n) is 7.32. The number of nitrogens with one attached hydrogen (secondary N) is 1. The van der Waals surface area contributed by atoms with Crippen LogP contribution in [-0.2, 0) is 9.53 Å². The molecule has 1 saturated heterocycles. The van der Waals surface area contributed by atoms with E-state index in [9.17, 15) is 4.79 Å². The first kappa shape index (κ1) is 16.1. The Bertz CT molecular complexity index is 484. The minimum absolute atomic E-state index is 0.124. The lowest BCUT2D eigenvalue weighted by Crippen LogP contribution is -2.47. The number of ether oxygens (including phenoxy) is 2. The van der Waals surface area contributed by atoms with Crippen LogP contribution in [0.25, 0.3) is 0 Å². The van der Waals surface area contributed by atoms with E-state index in [0.717, 1.165) is 12.8 Å². The Hall–Kier alpha value is -1.26. The summed E-state index contributed by atoms with van der Waals surface area (Å²) >= 11 is 6.03. The van der Waals surface area contributed by atoms with Gasteiger partial charge in [-0.2, -0.15) is 0 Å². The monoisotopic (exact) mass is 311 g/mol. The van der Waals surface area contributed by atoms with Gasteiger partial charge in [0, 0.05) is 6.04 Å². The molecule has 3 atom stereocenters. The van der Waals surface area contributed by atoms with E-state index in [4.69, 9.17) is 21.1 Å². The number of benzene rings is 1. The molecule has 0 aliphatic carbocycles. The third kappa shape index (κ3) is 4.61. The molecule has 2 rings (SSSR count). The summed E-state index contributed by atoms with van der Waals surface area (Å²) in [5.74, 6) is 0.400. The molecule has 1 aromatic rings. The van der Waals surface area contributed by atoms with Crippen LogP contribution in [0.2, 0.25) is 5.02 Å². The van der Waals surface area contributed by atoms with Gasteiger partial charge >= 0.3 is 0 Å². The van der Waals surface area contributed by atoms with Crippen LogP contribution in [0.1, 0.15) is 33.6 Å². The van der Waals surface area contributed by atoms with E-state index in [0.29, 0.717) is 10.8 Å². The van der Waals surface area contributed by atoms with Crippen molar-refractivity contribution in [2.45, 2.75) is 58.0 Å². The predicted molar refractivity (Wildman–Crippen MR) is 82.7 cm³/mol. The van der Waals surface area contributed by atoms with Crippen molar-refractivity contribution in [2.24, 2.45) is 0 Å². The lowest BCUT2D eigenvalue weighted by Gasteiger charge is -2.33. The Morgan fingerprint density at radius 1 is 1.33 bits per heavy atom. The van der Waals surface area contributed by atoms with Crippen molar-refractivity contribution in [3.05, 3.63) is 29.3 Å². The van der Waals surface area contributed by atoms with Gasteiger partial charge in [0.1, 0.15) is 5.75 Å². The van der Waals surface area contributed by atoms with Gasteiger partial charge < -0.3 is 14.8 Å². The number of carbonyl (C=O) groups excluding carboxylic acids is 1. The van der Waals surface area contributed by atoms with Gasteiger partial charge in [-0.25, -0.2) is 0 Å². The van der Waals surface area contributed by atoms with Gasteiger partial charge in [-0.05, 0) is 45.7 Å². The lowest BCUT2D eigenvalue weighted by molar-refractivity contribution is -0.129. The van der Waals surface area contributed by atoms with Crippen LogP contribution in [0.4, 0.5) is 0 Å². The number of para-hydroxylation sites is 1. The molecule has 0 bridgehead atoms. The molecule has 1 amide bonds. The number of hydrogen-bond acceptors (Lipinski definition) is 3. The van der Waals surface area contributed by atoms with Crippen LogP contribution >= 0.6 is 11.6 Å². The van der Waals surface area contributed by atoms with E-state index in [1.165, 1.54) is 0 Å². The molecule has 21 heavy (non-hydrogen) atoms. The molecule has 5 heteroatoms. The van der Waals surface area contributed by atoms with Gasteiger partial charge in [-0.15, -0.1) is 0 Å². The summed E-state index contributed by atoms with van der Waals surface area (Å²) in [7, 11) is 0. The number of rotatable bonds is 4. The Balaban J connectivity index is 1.89. The summed E-state index contributed by atoms with van der Waals surface area (Å²) in [6.45, 7) is 5.78. The highest BCUT2D eigenvalue weighted by Crippen LogP contribution is 2.24. The zero-order valence-electron chi connectivity index (χ0n) is 12.6. The normalized spacial score (nSPS) is 27.0. The molecular formula is C16H22ClNO3. The second-order valence-electron chi connectivity index (χ2n) is 5.62. The molecule has 1 heterocycles. The highest BCUT2D eigenvalue weighted by Gasteiger charge is 2.27. The third-order valence-electron chi connectivity index (χ3n) is 3.55. The Kier molecular flexibility index (Phi) is 5.48. The van der Waals surface area contributed by atoms with Crippen LogP contribution < -0.4 is 10.1 Å². The van der Waals surface area contributed by atoms with E-state index >= 15 is 0 Å². The molecule has 3 unspecified atom stereocenters. The molecule has 0 radical (unpaired) electrons. The minimum Gasteiger partial charge on any atom is -0.479 e. The summed E-state index contributed by atoms with van der Waals surface area (Å²) < 4.78 is 11.3. The SMILES string of the molecule is CC1CC(NC(=O)C(C)Oc2ccccc2Cl)CC(C)O1. The summed E-state index contributed by atoms with van der Waals surface area (Å²) in [5.41, 5.74) is 0. The molecule has 1 aromatic carbocycles. The van der Waals surface area contributed by atoms with Crippen LogP contribution in [-0.4, -0.2) is 30.3 Å². The fourth-order valence-corrected chi connectivity index (χ4v) is 2.81. The maximum Gasteiger partial charge on any atom is 0.260 e. The smallest absolute Gasteiger partial charge is 0.260 e. The summed E-state index contributed by atoms with van der Waals surface area (Å²) in [5, 5.41) is 3.54. The van der Waals surface area contributed by atoms with Gasteiger partial charge in [0.2, 0.25) is 0 Å². The molecule has 0 aromatic heterocycles. The molecule has 0 spiro atoms. The second kappa shape index (κ2) is 7.14. The second-order valence-corrected chi connectivity index (χ2v) is 6.03. The van der Waals surface area contributed by atoms with Crippen molar-refractivity contribution in [1.82, 2.24) is 5.32 Å². The van der Waals surface area contributed by atoms with Crippen LogP contribution in [0.3, 0.4) is 0 Å². The van der Waals surface area contributed by atoms with Gasteiger partial charge in [-0.3, -0.25) is 4.79 Å². The van der Waals surface area contributed by atoms with Crippen LogP contribution in [0.5, 0.6) is 5.75 Å². The topological polar surface area (TPSA) is 47.6 Å². The maximum absolute atomic E-state index is 12.2. The quantitative estimate of drug-likeness (QED) is 0.929. The van der Waals surface area contributed by atoms with Gasteiger partial charge in [0.15, 0.2) is 6.10 Å². The lowest BCUT2D eigenvalue weighted by atomic mass is 10.00. The van der Waals surface area contributed by atoms with Crippen molar-refractivity contribution < 1.29 is 14.3 Å². The van der Waals surface area contributed by atoms with Crippen molar-refractivity contribution in [2.75, 3.05) is 0 Å². The summed E-state index contributed by atoms with van der Waals surface area (Å²) in [4.78, 5) is 12.2. The first-order valence-corrected chi connectivity index (χ1v) is 7.70. The minimum atomic E-state index is -0.585. The number of amides is 1. The van der Waals surface area contributed by atoms with Crippen LogP contribution in [0, 0.1) is 0 Å². The van der Waals surface area contributed by atoms with E-state index in [1.807, 2.05) is 26.0 Å². The molecule has 1 aliphatic heterocycles. The summed E-state index contributed by atoms with van der Waals surface area (Å²) in [6, 6.07) is 7.28. The Labute approximate surface area is 130 Å². The van der Waals surface area contributed by atoms with E-state index < -0.39 is 6.10 Å². The fraction of sp³-hybridized carbons (Fsp3) is 0.562. The average Bonchev–Trinajstić information content (AvgIpc) is 2.40. The van der Waals surface area contributed by atoms with Crippen molar-refractivity contribution in [1.29, 1.82) is 0 Å². The largest absolute Gasteiger partial charge is 0.479 e. The zero-order chi connectivity index (χ0) is 15.4. The molecular weight excluding hydrogens is 290 g/mol. The standard InChI is InChI=1S/C16H22ClNO3/c1-10-8-13(9-11(2)20-10)18-16(19)12(3)21-15-7-5-4-6-14(15)17/h4-7,10-13H,8-9H2,1-3H3,(H,18,19). The Morgan fingerprint density at radius 3 is 2.57 bits per heavy atom. The number of carbonyl (C=O) groups is 1. The molecule has 0 saturated carbocycles. The van der Waals surface area contributed by atoms with E-state index in [1.54, 1.807) is 19.1 Å². The van der Waals surface area contributed by atoms with Crippen molar-refractivity contribution >= 4 is 17.5 Å². The van der Waals surface area contributed by atoms with Gasteiger partial charge in [0.05, 0.1) is 17.2 Å². The zero-order valence-corrected chi connectivity index (χ0v) is 13.4. The number of halogens is 1. The van der Waals surface area contributed by atoms with E-state index in [2.05, 4.69) is 5.32 Å². The average molecular weight is 312 g/mol. The molecule has 116 valence electrons. The summed E-state index contributed by atoms with van der Waals surface area (Å²) in [6.07, 6.45) is 1.40. The Morgan fingerprint density at radius 2 is 1.95 bits per heavy atom. The molecule has 4 nitrogen and oxygen atoms in total. The van der Waals surface area contributed by atoms with Crippen molar-refractivity contribution in [3.8, 4) is 5.75 Å². The maximum atomic E-state index is 12.2. The number of hydrogen-bond donors (Lipinski definition) is 1. The molecule has 1 fully saturated rings. The third-order valence-corrected chi connectivity index (χ3v) is 3.87. The van der Waals surface area contributed by atoms with E-state index in [-0.39, 0.29) is 24.2 Å². The first-order chi connectivity index (χ1) is 9.95. The molecule has 1 N–H and O–H groups in total. The molecule has 1 aliphatic rings. The van der Waals surface area contributed by atoms with Crippen LogP contribution in [0.15, 0.2) is 24.3 Å². The highest BCUT2D eigenvalue weighted by molar-refractivity contribution is 6.32. The predicted octanol–water partition coefficient (Wildman–Crippen LogP) is 3.18. The van der Waals surface area contributed by atoms with Gasteiger partial charge in [-0.1, -0.05) is 23.7 Å². The highest BCUT2D eigenvalue weighted by atomic mass is 35.5. The fourth-order valence-electron chi connectivity index (χ4n) is 2.63. The van der Waals surface area contributed by atoms with Crippen molar-refractivity contribution in [3.63, 3.8) is 0 Å².